The molecule has 188 valence electrons. The van der Waals surface area contributed by atoms with Crippen molar-refractivity contribution in [3.63, 3.8) is 0 Å². The molecule has 4 aromatic rings. The Kier molecular flexibility index (Phi) is 8.00. The van der Waals surface area contributed by atoms with Crippen LogP contribution in [0.2, 0.25) is 0 Å². The fourth-order valence-corrected chi connectivity index (χ4v) is 3.98. The molecule has 0 aliphatic rings. The maximum Gasteiger partial charge on any atom is 0.196 e. The molecule has 36 heavy (non-hydrogen) atoms. The molecule has 4 rings (SSSR count). The SMILES string of the molecule is COc1ccc(-c2oc3cc(OCCCCCCOc4cc(N)ccc4N)ccc3c(=O)c2C)cc1. The number of hydrogen-bond acceptors (Lipinski definition) is 7. The van der Waals surface area contributed by atoms with E-state index >= 15 is 0 Å². The number of rotatable bonds is 11. The van der Waals surface area contributed by atoms with Crippen LogP contribution in [-0.2, 0) is 0 Å². The largest absolute Gasteiger partial charge is 0.497 e. The Morgan fingerprint density at radius 3 is 2.22 bits per heavy atom. The Morgan fingerprint density at radius 1 is 0.806 bits per heavy atom. The lowest BCUT2D eigenvalue weighted by molar-refractivity contribution is 0.288. The lowest BCUT2D eigenvalue weighted by atomic mass is 10.1. The number of nitrogens with two attached hydrogens (primary N) is 2. The topological polar surface area (TPSA) is 110 Å². The van der Waals surface area contributed by atoms with Gasteiger partial charge in [-0.15, -0.1) is 0 Å². The third kappa shape index (κ3) is 5.92. The number of nitrogen functional groups attached to an aromatic ring is 2. The standard InChI is InChI=1S/C29H32N2O5/c1-19-28(32)24-13-12-23(18-26(24)36-29(19)20-7-10-22(33-2)11-8-20)34-15-5-3-4-6-16-35-27-17-21(30)9-14-25(27)31/h7-14,17-18H,3-6,15-16,30-31H2,1-2H3. The Hall–Kier alpha value is -4.13. The highest BCUT2D eigenvalue weighted by Gasteiger charge is 2.13. The summed E-state index contributed by atoms with van der Waals surface area (Å²) in [6.07, 6.45) is 3.86. The predicted molar refractivity (Wildman–Crippen MR) is 144 cm³/mol. The third-order valence-corrected chi connectivity index (χ3v) is 6.05. The molecule has 0 unspecified atom stereocenters. The van der Waals surface area contributed by atoms with Gasteiger partial charge in [-0.05, 0) is 81.1 Å². The zero-order valence-corrected chi connectivity index (χ0v) is 20.7. The smallest absolute Gasteiger partial charge is 0.196 e. The van der Waals surface area contributed by atoms with Crippen LogP contribution in [0.3, 0.4) is 0 Å². The van der Waals surface area contributed by atoms with Crippen molar-refractivity contribution in [1.29, 1.82) is 0 Å². The Bertz CT molecular complexity index is 1380. The van der Waals surface area contributed by atoms with E-state index in [0.29, 0.717) is 58.4 Å². The van der Waals surface area contributed by atoms with Gasteiger partial charge in [0.05, 0.1) is 31.4 Å². The van der Waals surface area contributed by atoms with Gasteiger partial charge in [-0.1, -0.05) is 0 Å². The molecule has 0 aliphatic heterocycles. The Labute approximate surface area is 210 Å². The summed E-state index contributed by atoms with van der Waals surface area (Å²) in [5.74, 6) is 2.60. The van der Waals surface area contributed by atoms with Crippen molar-refractivity contribution in [1.82, 2.24) is 0 Å². The molecular weight excluding hydrogens is 456 g/mol. The number of anilines is 2. The molecule has 0 spiro atoms. The summed E-state index contributed by atoms with van der Waals surface area (Å²) in [4.78, 5) is 12.9. The summed E-state index contributed by atoms with van der Waals surface area (Å²) in [6.45, 7) is 2.95. The van der Waals surface area contributed by atoms with Gasteiger partial charge in [0.15, 0.2) is 5.43 Å². The zero-order valence-electron chi connectivity index (χ0n) is 20.7. The summed E-state index contributed by atoms with van der Waals surface area (Å²) < 4.78 is 23.0. The summed E-state index contributed by atoms with van der Waals surface area (Å²) in [5.41, 5.74) is 14.8. The van der Waals surface area contributed by atoms with Crippen molar-refractivity contribution in [2.24, 2.45) is 0 Å². The number of methoxy groups -OCH3 is 1. The first kappa shape index (κ1) is 25.0. The van der Waals surface area contributed by atoms with Crippen molar-refractivity contribution in [3.8, 4) is 28.6 Å². The van der Waals surface area contributed by atoms with E-state index in [4.69, 9.17) is 30.1 Å². The Balaban J connectivity index is 1.29. The van der Waals surface area contributed by atoms with E-state index in [1.54, 1.807) is 44.4 Å². The molecule has 0 amide bonds. The van der Waals surface area contributed by atoms with E-state index in [-0.39, 0.29) is 5.43 Å². The van der Waals surface area contributed by atoms with Gasteiger partial charge in [0.1, 0.15) is 28.6 Å². The molecule has 0 aliphatic carbocycles. The van der Waals surface area contributed by atoms with Gasteiger partial charge in [0.2, 0.25) is 0 Å². The van der Waals surface area contributed by atoms with Crippen LogP contribution in [0.5, 0.6) is 17.2 Å². The quantitative estimate of drug-likeness (QED) is 0.198. The van der Waals surface area contributed by atoms with E-state index in [9.17, 15) is 4.79 Å². The van der Waals surface area contributed by atoms with Gasteiger partial charge >= 0.3 is 0 Å². The van der Waals surface area contributed by atoms with Gasteiger partial charge in [-0.3, -0.25) is 4.79 Å². The van der Waals surface area contributed by atoms with E-state index in [0.717, 1.165) is 37.0 Å². The maximum absolute atomic E-state index is 12.9. The molecule has 1 heterocycles. The van der Waals surface area contributed by atoms with Crippen molar-refractivity contribution >= 4 is 22.3 Å². The van der Waals surface area contributed by atoms with E-state index in [1.165, 1.54) is 0 Å². The molecule has 0 saturated heterocycles. The fraction of sp³-hybridized carbons (Fsp3) is 0.276. The highest BCUT2D eigenvalue weighted by atomic mass is 16.5. The van der Waals surface area contributed by atoms with Crippen LogP contribution in [0.1, 0.15) is 31.2 Å². The summed E-state index contributed by atoms with van der Waals surface area (Å²) in [7, 11) is 1.62. The molecule has 0 atom stereocenters. The lowest BCUT2D eigenvalue weighted by Crippen LogP contribution is -2.07. The number of hydrogen-bond donors (Lipinski definition) is 2. The second kappa shape index (κ2) is 11.5. The summed E-state index contributed by atoms with van der Waals surface area (Å²) >= 11 is 0. The number of benzene rings is 3. The molecule has 0 radical (unpaired) electrons. The fourth-order valence-electron chi connectivity index (χ4n) is 3.98. The molecule has 0 fully saturated rings. The third-order valence-electron chi connectivity index (χ3n) is 6.05. The van der Waals surface area contributed by atoms with Crippen LogP contribution in [0.4, 0.5) is 11.4 Å². The average Bonchev–Trinajstić information content (AvgIpc) is 2.89. The second-order valence-electron chi connectivity index (χ2n) is 8.68. The Morgan fingerprint density at radius 2 is 1.50 bits per heavy atom. The summed E-state index contributed by atoms with van der Waals surface area (Å²) in [5, 5.41) is 0.540. The van der Waals surface area contributed by atoms with Crippen molar-refractivity contribution in [3.05, 3.63) is 76.5 Å². The summed E-state index contributed by atoms with van der Waals surface area (Å²) in [6, 6.07) is 18.1. The van der Waals surface area contributed by atoms with Gasteiger partial charge in [0, 0.05) is 28.9 Å². The van der Waals surface area contributed by atoms with E-state index in [1.807, 2.05) is 30.3 Å². The first-order valence-electron chi connectivity index (χ1n) is 12.1. The van der Waals surface area contributed by atoms with Crippen molar-refractivity contribution in [2.45, 2.75) is 32.6 Å². The van der Waals surface area contributed by atoms with Crippen LogP contribution in [-0.4, -0.2) is 20.3 Å². The molecular formula is C29H32N2O5. The number of ether oxygens (including phenoxy) is 3. The van der Waals surface area contributed by atoms with Crippen LogP contribution in [0.15, 0.2) is 69.9 Å². The molecule has 7 heteroatoms. The lowest BCUT2D eigenvalue weighted by Gasteiger charge is -2.11. The highest BCUT2D eigenvalue weighted by molar-refractivity contribution is 5.81. The van der Waals surface area contributed by atoms with Gasteiger partial charge in [-0.25, -0.2) is 0 Å². The maximum atomic E-state index is 12.9. The molecule has 4 N–H and O–H groups in total. The minimum absolute atomic E-state index is 0.0456. The van der Waals surface area contributed by atoms with E-state index in [2.05, 4.69) is 0 Å². The normalized spacial score (nSPS) is 10.9. The number of unbranched alkanes of at least 4 members (excludes halogenated alkanes) is 3. The molecule has 3 aromatic carbocycles. The van der Waals surface area contributed by atoms with Crippen LogP contribution in [0, 0.1) is 6.92 Å². The molecule has 1 aromatic heterocycles. The van der Waals surface area contributed by atoms with Gasteiger partial charge < -0.3 is 30.1 Å². The minimum atomic E-state index is -0.0456. The zero-order chi connectivity index (χ0) is 25.5. The van der Waals surface area contributed by atoms with Crippen molar-refractivity contribution < 1.29 is 18.6 Å². The van der Waals surface area contributed by atoms with E-state index < -0.39 is 0 Å². The van der Waals surface area contributed by atoms with Crippen LogP contribution in [0.25, 0.3) is 22.3 Å². The van der Waals surface area contributed by atoms with Crippen LogP contribution < -0.4 is 31.1 Å². The van der Waals surface area contributed by atoms with Crippen molar-refractivity contribution in [2.75, 3.05) is 31.8 Å². The molecule has 0 bridgehead atoms. The first-order valence-corrected chi connectivity index (χ1v) is 12.1. The minimum Gasteiger partial charge on any atom is -0.497 e. The monoisotopic (exact) mass is 488 g/mol. The highest BCUT2D eigenvalue weighted by Crippen LogP contribution is 2.29. The average molecular weight is 489 g/mol. The molecule has 0 saturated carbocycles. The van der Waals surface area contributed by atoms with Gasteiger partial charge in [0.25, 0.3) is 0 Å². The van der Waals surface area contributed by atoms with Crippen LogP contribution >= 0.6 is 0 Å². The first-order chi connectivity index (χ1) is 17.5. The number of fused-ring (bicyclic) bond motifs is 1. The molecule has 7 nitrogen and oxygen atoms in total. The van der Waals surface area contributed by atoms with Gasteiger partial charge in [-0.2, -0.15) is 0 Å². The predicted octanol–water partition coefficient (Wildman–Crippen LogP) is 5.96. The second-order valence-corrected chi connectivity index (χ2v) is 8.68.